The smallest absolute Gasteiger partial charge is 0.306 e. The van der Waals surface area contributed by atoms with Gasteiger partial charge >= 0.3 is 10.1 Å². The molecule has 0 amide bonds. The lowest BCUT2D eigenvalue weighted by Gasteiger charge is -2.12. The van der Waals surface area contributed by atoms with Crippen LogP contribution >= 0.6 is 0 Å². The van der Waals surface area contributed by atoms with Gasteiger partial charge in [-0.15, -0.1) is 0 Å². The molecule has 0 aliphatic heterocycles. The lowest BCUT2D eigenvalue weighted by atomic mass is 10.1. The van der Waals surface area contributed by atoms with Gasteiger partial charge < -0.3 is 14.5 Å². The third kappa shape index (κ3) is 2.82. The molecule has 1 unspecified atom stereocenters. The van der Waals surface area contributed by atoms with Crippen molar-refractivity contribution in [2.45, 2.75) is 25.9 Å². The molecule has 6 heteroatoms. The highest BCUT2D eigenvalue weighted by atomic mass is 32.2. The second-order valence-corrected chi connectivity index (χ2v) is 7.18. The molecule has 0 radical (unpaired) electrons. The van der Waals surface area contributed by atoms with Crippen molar-refractivity contribution in [2.75, 3.05) is 6.26 Å². The Morgan fingerprint density at radius 1 is 1.33 bits per heavy atom. The maximum atomic E-state index is 11.3. The molecule has 0 saturated carbocycles. The number of benzene rings is 1. The topological polar surface area (TPSA) is 74.3 Å². The van der Waals surface area contributed by atoms with Gasteiger partial charge in [-0.05, 0) is 36.2 Å². The van der Waals surface area contributed by atoms with E-state index in [1.165, 1.54) is 11.1 Å². The Morgan fingerprint density at radius 3 is 2.76 bits per heavy atom. The molecule has 112 valence electrons. The summed E-state index contributed by atoms with van der Waals surface area (Å²) in [6.07, 6.45) is 3.93. The SMILES string of the molecule is CC(N)Cn1ccc2c1-c1cc(OS(C)(=O)=O)ccc1C2. The molecule has 1 aromatic carbocycles. The van der Waals surface area contributed by atoms with E-state index in [0.29, 0.717) is 5.75 Å². The van der Waals surface area contributed by atoms with Crippen molar-refractivity contribution in [3.63, 3.8) is 0 Å². The van der Waals surface area contributed by atoms with Gasteiger partial charge in [0.15, 0.2) is 0 Å². The number of hydrogen-bond acceptors (Lipinski definition) is 4. The van der Waals surface area contributed by atoms with Crippen LogP contribution in [0.25, 0.3) is 11.3 Å². The van der Waals surface area contributed by atoms with Gasteiger partial charge in [0.05, 0.1) is 11.9 Å². The van der Waals surface area contributed by atoms with Crippen LogP contribution in [0.5, 0.6) is 5.75 Å². The summed E-state index contributed by atoms with van der Waals surface area (Å²) in [5, 5.41) is 0. The highest BCUT2D eigenvalue weighted by Gasteiger charge is 2.23. The van der Waals surface area contributed by atoms with Crippen molar-refractivity contribution >= 4 is 10.1 Å². The predicted octanol–water partition coefficient (Wildman–Crippen LogP) is 1.74. The van der Waals surface area contributed by atoms with Crippen LogP contribution in [0.3, 0.4) is 0 Å². The first kappa shape index (κ1) is 14.2. The van der Waals surface area contributed by atoms with E-state index in [0.717, 1.165) is 30.5 Å². The van der Waals surface area contributed by atoms with E-state index in [-0.39, 0.29) is 6.04 Å². The fraction of sp³-hybridized carbons (Fsp3) is 0.333. The second-order valence-electron chi connectivity index (χ2n) is 5.60. The summed E-state index contributed by atoms with van der Waals surface area (Å²) in [4.78, 5) is 0. The first-order valence-corrected chi connectivity index (χ1v) is 8.61. The molecule has 0 spiro atoms. The fourth-order valence-electron chi connectivity index (χ4n) is 2.81. The average Bonchev–Trinajstić information content (AvgIpc) is 2.87. The largest absolute Gasteiger partial charge is 0.383 e. The summed E-state index contributed by atoms with van der Waals surface area (Å²) >= 11 is 0. The third-order valence-corrected chi connectivity index (χ3v) is 3.99. The Labute approximate surface area is 124 Å². The molecule has 0 bridgehead atoms. The molecule has 3 rings (SSSR count). The van der Waals surface area contributed by atoms with Gasteiger partial charge in [0, 0.05) is 30.8 Å². The van der Waals surface area contributed by atoms with Gasteiger partial charge in [-0.3, -0.25) is 0 Å². The zero-order chi connectivity index (χ0) is 15.2. The minimum atomic E-state index is -3.51. The lowest BCUT2D eigenvalue weighted by Crippen LogP contribution is -2.22. The molecule has 5 nitrogen and oxygen atoms in total. The van der Waals surface area contributed by atoms with Crippen LogP contribution in [-0.2, 0) is 23.1 Å². The molecular formula is C15H18N2O3S. The summed E-state index contributed by atoms with van der Waals surface area (Å²) in [7, 11) is -3.51. The monoisotopic (exact) mass is 306 g/mol. The number of hydrogen-bond donors (Lipinski definition) is 1. The summed E-state index contributed by atoms with van der Waals surface area (Å²) in [5.41, 5.74) is 10.4. The highest BCUT2D eigenvalue weighted by molar-refractivity contribution is 7.86. The molecule has 0 saturated heterocycles. The minimum absolute atomic E-state index is 0.0565. The van der Waals surface area contributed by atoms with Gasteiger partial charge in [0.1, 0.15) is 5.75 Å². The number of nitrogens with two attached hydrogens (primary N) is 1. The van der Waals surface area contributed by atoms with Crippen LogP contribution in [0.1, 0.15) is 18.1 Å². The van der Waals surface area contributed by atoms with Gasteiger partial charge in [0.2, 0.25) is 0 Å². The van der Waals surface area contributed by atoms with Crippen LogP contribution in [0.4, 0.5) is 0 Å². The van der Waals surface area contributed by atoms with Crippen molar-refractivity contribution in [1.29, 1.82) is 0 Å². The summed E-state index contributed by atoms with van der Waals surface area (Å²) in [6.45, 7) is 2.69. The third-order valence-electron chi connectivity index (χ3n) is 3.50. The Morgan fingerprint density at radius 2 is 2.10 bits per heavy atom. The zero-order valence-electron chi connectivity index (χ0n) is 12.0. The van der Waals surface area contributed by atoms with Crippen molar-refractivity contribution < 1.29 is 12.6 Å². The van der Waals surface area contributed by atoms with Gasteiger partial charge in [-0.2, -0.15) is 8.42 Å². The highest BCUT2D eigenvalue weighted by Crippen LogP contribution is 2.39. The molecule has 21 heavy (non-hydrogen) atoms. The molecule has 1 aliphatic rings. The zero-order valence-corrected chi connectivity index (χ0v) is 12.9. The summed E-state index contributed by atoms with van der Waals surface area (Å²) in [5.74, 6) is 0.345. The van der Waals surface area contributed by atoms with Crippen molar-refractivity contribution in [3.05, 3.63) is 41.6 Å². The number of nitrogens with zero attached hydrogens (tertiary/aromatic N) is 1. The van der Waals surface area contributed by atoms with E-state index in [4.69, 9.17) is 9.92 Å². The maximum absolute atomic E-state index is 11.3. The Balaban J connectivity index is 2.03. The first-order chi connectivity index (χ1) is 9.83. The normalized spacial score (nSPS) is 14.6. The summed E-state index contributed by atoms with van der Waals surface area (Å²) < 4.78 is 29.6. The van der Waals surface area contributed by atoms with E-state index < -0.39 is 10.1 Å². The molecule has 1 atom stereocenters. The number of fused-ring (bicyclic) bond motifs is 3. The van der Waals surface area contributed by atoms with E-state index in [1.807, 2.05) is 19.2 Å². The maximum Gasteiger partial charge on any atom is 0.306 e. The van der Waals surface area contributed by atoms with E-state index >= 15 is 0 Å². The van der Waals surface area contributed by atoms with Crippen molar-refractivity contribution in [2.24, 2.45) is 5.73 Å². The minimum Gasteiger partial charge on any atom is -0.383 e. The first-order valence-electron chi connectivity index (χ1n) is 6.80. The molecule has 0 fully saturated rings. The standard InChI is InChI=1S/C15H18N2O3S/c1-10(16)9-17-6-5-12-7-11-3-4-13(20-21(2,18)19)8-14(11)15(12)17/h3-6,8,10H,7,9,16H2,1-2H3. The second kappa shape index (κ2) is 4.89. The van der Waals surface area contributed by atoms with Crippen LogP contribution in [0, 0.1) is 0 Å². The van der Waals surface area contributed by atoms with E-state index in [9.17, 15) is 8.42 Å². The lowest BCUT2D eigenvalue weighted by molar-refractivity contribution is 0.493. The molecular weight excluding hydrogens is 288 g/mol. The van der Waals surface area contributed by atoms with Crippen LogP contribution in [0.2, 0.25) is 0 Å². The van der Waals surface area contributed by atoms with E-state index in [2.05, 4.69) is 10.6 Å². The van der Waals surface area contributed by atoms with Crippen molar-refractivity contribution in [3.8, 4) is 17.0 Å². The molecule has 1 aliphatic carbocycles. The van der Waals surface area contributed by atoms with E-state index in [1.54, 1.807) is 12.1 Å². The van der Waals surface area contributed by atoms with Crippen molar-refractivity contribution in [1.82, 2.24) is 4.57 Å². The Hall–Kier alpha value is -1.79. The quantitative estimate of drug-likeness (QED) is 0.745. The number of rotatable bonds is 4. The summed E-state index contributed by atoms with van der Waals surface area (Å²) in [6, 6.07) is 7.56. The number of aromatic nitrogens is 1. The Bertz CT molecular complexity index is 791. The Kier molecular flexibility index (Phi) is 3.30. The molecule has 1 heterocycles. The van der Waals surface area contributed by atoms with Gasteiger partial charge in [0.25, 0.3) is 0 Å². The molecule has 1 aromatic heterocycles. The molecule has 2 aromatic rings. The van der Waals surface area contributed by atoms with Crippen LogP contribution in [-0.4, -0.2) is 25.3 Å². The fourth-order valence-corrected chi connectivity index (χ4v) is 3.27. The average molecular weight is 306 g/mol. The van der Waals surface area contributed by atoms with Gasteiger partial charge in [-0.25, -0.2) is 0 Å². The van der Waals surface area contributed by atoms with Crippen LogP contribution in [0.15, 0.2) is 30.5 Å². The predicted molar refractivity (Wildman–Crippen MR) is 81.8 cm³/mol. The molecule has 2 N–H and O–H groups in total. The van der Waals surface area contributed by atoms with Gasteiger partial charge in [-0.1, -0.05) is 6.07 Å². The van der Waals surface area contributed by atoms with Crippen LogP contribution < -0.4 is 9.92 Å².